The van der Waals surface area contributed by atoms with Crippen molar-refractivity contribution in [1.82, 2.24) is 56.2 Å². The number of aldehydes is 1. The average molecular weight is 1240 g/mol. The molecular weight excluding hydrogens is 1180 g/mol. The first-order chi connectivity index (χ1) is 39.6. The second-order valence-electron chi connectivity index (χ2n) is 20.0. The van der Waals surface area contributed by atoms with Crippen LogP contribution in [0.5, 0.6) is 0 Å². The summed E-state index contributed by atoms with van der Waals surface area (Å²) in [6, 6.07) is 10.3. The SMILES string of the molecule is CNC(=O)C[C@H](NC(=O)c1csc(-c2ccc(-c3nc(NC(=O)C(C)(C)CCCC(C)(C)C(=O)O)cs3)nc2-c2csc(-c3csc([C@@H](NC(=O)CNC(=O)c4nc(N)sc4COC)[C@@H](O)c4ccccc4)n3)n2)n1)c1nc(C=O)c(C)s1. The molecule has 0 fully saturated rings. The summed E-state index contributed by atoms with van der Waals surface area (Å²) in [7, 11) is 2.95. The number of ether oxygens (including phenoxy) is 1. The molecule has 0 unspecified atom stereocenters. The molecule has 1 aromatic carbocycles. The number of rotatable bonds is 26. The van der Waals surface area contributed by atoms with Gasteiger partial charge in [0.25, 0.3) is 11.8 Å². The number of aliphatic hydroxyl groups excluding tert-OH is 1. The van der Waals surface area contributed by atoms with Crippen LogP contribution in [0.4, 0.5) is 10.9 Å². The highest BCUT2D eigenvalue weighted by atomic mass is 32.1. The number of carbonyl (C=O) groups excluding carboxylic acids is 6. The first kappa shape index (κ1) is 61.4. The maximum atomic E-state index is 13.9. The van der Waals surface area contributed by atoms with E-state index in [1.165, 1.54) is 70.8 Å². The highest BCUT2D eigenvalue weighted by molar-refractivity contribution is 7.16. The van der Waals surface area contributed by atoms with Gasteiger partial charge in [-0.3, -0.25) is 33.6 Å². The number of thiazole rings is 6. The zero-order valence-electron chi connectivity index (χ0n) is 45.7. The van der Waals surface area contributed by atoms with Crippen LogP contribution in [0.15, 0.2) is 64.0 Å². The number of methoxy groups -OCH3 is 1. The number of benzene rings is 1. The van der Waals surface area contributed by atoms with Gasteiger partial charge in [0.05, 0.1) is 41.6 Å². The molecular formula is C54H57N13O10S6. The third kappa shape index (κ3) is 15.0. The van der Waals surface area contributed by atoms with Gasteiger partial charge in [0.15, 0.2) is 11.4 Å². The molecule has 0 saturated carbocycles. The van der Waals surface area contributed by atoms with Crippen molar-refractivity contribution in [3.05, 3.63) is 106 Å². The number of pyridine rings is 1. The number of aryl methyl sites for hydroxylation is 1. The molecule has 9 N–H and O–H groups in total. The minimum Gasteiger partial charge on any atom is -0.481 e. The fourth-order valence-electron chi connectivity index (χ4n) is 8.17. The smallest absolute Gasteiger partial charge is 0.309 e. The topological polar surface area (TPSA) is 346 Å². The van der Waals surface area contributed by atoms with E-state index in [1.54, 1.807) is 98.6 Å². The number of nitrogens with one attached hydrogen (secondary N) is 5. The molecule has 0 aliphatic rings. The van der Waals surface area contributed by atoms with Crippen molar-refractivity contribution in [3.8, 4) is 43.4 Å². The van der Waals surface area contributed by atoms with E-state index < -0.39 is 59.3 Å². The minimum atomic E-state index is -1.27. The lowest BCUT2D eigenvalue weighted by Gasteiger charge is -2.25. The second-order valence-corrected chi connectivity index (χ2v) is 25.8. The van der Waals surface area contributed by atoms with Crippen LogP contribution in [0.3, 0.4) is 0 Å². The van der Waals surface area contributed by atoms with Gasteiger partial charge in [-0.05, 0) is 51.3 Å². The van der Waals surface area contributed by atoms with E-state index in [1.807, 2.05) is 0 Å². The van der Waals surface area contributed by atoms with Crippen LogP contribution in [0.1, 0.15) is 128 Å². The molecule has 29 heteroatoms. The number of carboxylic acids is 1. The number of aliphatic carboxylic acids is 1. The number of aliphatic hydroxyl groups is 1. The fraction of sp³-hybridized carbons (Fsp3) is 0.333. The molecule has 434 valence electrons. The maximum absolute atomic E-state index is 13.9. The highest BCUT2D eigenvalue weighted by Gasteiger charge is 2.33. The molecule has 7 aromatic heterocycles. The number of amides is 5. The van der Waals surface area contributed by atoms with Crippen LogP contribution >= 0.6 is 68.0 Å². The van der Waals surface area contributed by atoms with Crippen LogP contribution in [-0.4, -0.2) is 108 Å². The largest absolute Gasteiger partial charge is 0.481 e. The van der Waals surface area contributed by atoms with Crippen molar-refractivity contribution < 1.29 is 48.5 Å². The zero-order valence-corrected chi connectivity index (χ0v) is 50.6. The van der Waals surface area contributed by atoms with Gasteiger partial charge >= 0.3 is 5.97 Å². The van der Waals surface area contributed by atoms with Crippen LogP contribution in [-0.2, 0) is 30.5 Å². The number of carbonyl (C=O) groups is 7. The molecule has 0 aliphatic heterocycles. The summed E-state index contributed by atoms with van der Waals surface area (Å²) in [5, 5.41) is 44.1. The van der Waals surface area contributed by atoms with Gasteiger partial charge in [-0.1, -0.05) is 61.9 Å². The molecule has 8 aromatic rings. The molecule has 3 atom stereocenters. The summed E-state index contributed by atoms with van der Waals surface area (Å²) in [6.45, 7) is 8.26. The van der Waals surface area contributed by atoms with Gasteiger partial charge in [-0.2, -0.15) is 0 Å². The Balaban J connectivity index is 1.09. The molecule has 0 spiro atoms. The number of hydrogen-bond acceptors (Lipinski definition) is 23. The normalized spacial score (nSPS) is 12.7. The van der Waals surface area contributed by atoms with E-state index in [0.29, 0.717) is 100 Å². The Morgan fingerprint density at radius 1 is 0.747 bits per heavy atom. The van der Waals surface area contributed by atoms with E-state index in [2.05, 4.69) is 36.6 Å². The lowest BCUT2D eigenvalue weighted by atomic mass is 9.81. The molecule has 7 heterocycles. The van der Waals surface area contributed by atoms with Gasteiger partial charge in [0.1, 0.15) is 77.2 Å². The Kier molecular flexibility index (Phi) is 19.8. The van der Waals surface area contributed by atoms with Crippen molar-refractivity contribution in [1.29, 1.82) is 0 Å². The highest BCUT2D eigenvalue weighted by Crippen LogP contribution is 2.40. The standard InChI is InChI=1S/C54H57N13O10S6/c1-26-31(20-68)60-48(82-26)30(18-37(69)56-6)59-43(72)33-23-78-45(62-33)28-14-15-29(46-64-36(25-81-46)65-50(74)53(2,3)16-11-17-54(4,5)51(75)76)58-39(28)32-22-79-47(61-32)34-24-80-49(63-34)41(42(71)27-12-9-8-10-13-27)66-38(70)19-57-44(73)40-35(21-77-7)83-52(55)67-40/h8-10,12-15,20,22-25,30,41-42,71H,11,16-19,21H2,1-7H3,(H2,55,67)(H,56,69)(H,57,73)(H,59,72)(H,65,74)(H,66,70)(H,75,76)/t30-,41-,42-/m0/s1. The molecule has 23 nitrogen and oxygen atoms in total. The number of anilines is 2. The van der Waals surface area contributed by atoms with E-state index in [4.69, 9.17) is 35.4 Å². The summed E-state index contributed by atoms with van der Waals surface area (Å²) in [4.78, 5) is 124. The number of nitrogens with two attached hydrogens (primary N) is 1. The zero-order chi connectivity index (χ0) is 59.8. The second kappa shape index (κ2) is 26.7. The quantitative estimate of drug-likeness (QED) is 0.0235. The first-order valence-corrected chi connectivity index (χ1v) is 30.6. The van der Waals surface area contributed by atoms with Crippen LogP contribution in [0.25, 0.3) is 43.4 Å². The molecule has 0 aliphatic carbocycles. The average Bonchev–Trinajstić information content (AvgIpc) is 4.34. The Hall–Kier alpha value is -7.64. The summed E-state index contributed by atoms with van der Waals surface area (Å²) >= 11 is 7.13. The summed E-state index contributed by atoms with van der Waals surface area (Å²) in [6.07, 6.45) is 0.556. The number of carboxylic acid groups (broad SMARTS) is 1. The predicted molar refractivity (Wildman–Crippen MR) is 319 cm³/mol. The van der Waals surface area contributed by atoms with E-state index in [-0.39, 0.29) is 47.1 Å². The van der Waals surface area contributed by atoms with Crippen molar-refractivity contribution in [2.24, 2.45) is 10.8 Å². The van der Waals surface area contributed by atoms with Crippen molar-refractivity contribution in [3.63, 3.8) is 0 Å². The van der Waals surface area contributed by atoms with Gasteiger partial charge in [-0.25, -0.2) is 34.9 Å². The predicted octanol–water partition coefficient (Wildman–Crippen LogP) is 8.51. The molecule has 83 heavy (non-hydrogen) atoms. The Bertz CT molecular complexity index is 3680. The number of nitrogen functional groups attached to an aromatic ring is 1. The first-order valence-electron chi connectivity index (χ1n) is 25.5. The van der Waals surface area contributed by atoms with E-state index >= 15 is 0 Å². The third-order valence-corrected chi connectivity index (χ3v) is 18.5. The van der Waals surface area contributed by atoms with Crippen LogP contribution in [0.2, 0.25) is 0 Å². The molecule has 0 radical (unpaired) electrons. The van der Waals surface area contributed by atoms with Crippen LogP contribution in [0, 0.1) is 17.8 Å². The van der Waals surface area contributed by atoms with E-state index in [9.17, 15) is 43.8 Å². The Labute approximate surface area is 499 Å². The van der Waals surface area contributed by atoms with Gasteiger partial charge in [0.2, 0.25) is 17.7 Å². The van der Waals surface area contributed by atoms with Crippen molar-refractivity contribution >= 4 is 121 Å². The molecule has 0 bridgehead atoms. The van der Waals surface area contributed by atoms with Crippen molar-refractivity contribution in [2.75, 3.05) is 31.8 Å². The Morgan fingerprint density at radius 2 is 1.46 bits per heavy atom. The molecule has 0 saturated heterocycles. The number of hydrogen-bond donors (Lipinski definition) is 8. The van der Waals surface area contributed by atoms with Gasteiger partial charge in [-0.15, -0.1) is 56.7 Å². The van der Waals surface area contributed by atoms with Crippen LogP contribution < -0.4 is 32.3 Å². The Morgan fingerprint density at radius 3 is 2.17 bits per heavy atom. The van der Waals surface area contributed by atoms with Gasteiger partial charge < -0.3 is 47.3 Å². The lowest BCUT2D eigenvalue weighted by molar-refractivity contribution is -0.147. The maximum Gasteiger partial charge on any atom is 0.309 e. The third-order valence-electron chi connectivity index (χ3n) is 13.0. The number of nitrogens with zero attached hydrogens (tertiary/aromatic N) is 7. The minimum absolute atomic E-state index is 0.0382. The van der Waals surface area contributed by atoms with E-state index in [0.717, 1.165) is 11.3 Å². The summed E-state index contributed by atoms with van der Waals surface area (Å²) < 4.78 is 5.17. The lowest BCUT2D eigenvalue weighted by Crippen LogP contribution is -2.40. The summed E-state index contributed by atoms with van der Waals surface area (Å²) in [5.74, 6) is -3.10. The van der Waals surface area contributed by atoms with Crippen molar-refractivity contribution in [2.45, 2.75) is 85.1 Å². The monoisotopic (exact) mass is 1240 g/mol. The number of aromatic nitrogens is 7. The summed E-state index contributed by atoms with van der Waals surface area (Å²) in [5.41, 5.74) is 6.95. The fourth-order valence-corrected chi connectivity index (χ4v) is 13.2. The van der Waals surface area contributed by atoms with Gasteiger partial charge in [0, 0.05) is 51.5 Å². The molecule has 8 rings (SSSR count). The molecule has 5 amide bonds.